The topological polar surface area (TPSA) is 52.6 Å². The Hall–Kier alpha value is -2.36. The van der Waals surface area contributed by atoms with E-state index < -0.39 is 17.4 Å². The molecule has 2 aliphatic rings. The quantitative estimate of drug-likeness (QED) is 0.416. The molecule has 1 fully saturated rings. The molecule has 2 atom stereocenters. The van der Waals surface area contributed by atoms with E-state index in [0.717, 1.165) is 18.4 Å². The SMILES string of the molecule is COC(=O)C1(C(=O)OC)CC2=Cc3ccccc3[C@@](C)(CCC=C(C)C)[C@H]2C1. The predicted molar refractivity (Wildman–Crippen MR) is 110 cm³/mol. The molecule has 4 heteroatoms. The van der Waals surface area contributed by atoms with Crippen molar-refractivity contribution < 1.29 is 19.1 Å². The summed E-state index contributed by atoms with van der Waals surface area (Å²) >= 11 is 0. The summed E-state index contributed by atoms with van der Waals surface area (Å²) in [5, 5.41) is 0. The van der Waals surface area contributed by atoms with Gasteiger partial charge in [0.15, 0.2) is 5.41 Å². The molecule has 1 aromatic carbocycles. The van der Waals surface area contributed by atoms with E-state index in [1.807, 2.05) is 6.07 Å². The van der Waals surface area contributed by atoms with Crippen molar-refractivity contribution in [2.45, 2.75) is 51.9 Å². The summed E-state index contributed by atoms with van der Waals surface area (Å²) in [6.07, 6.45) is 7.13. The first-order valence-corrected chi connectivity index (χ1v) is 9.88. The predicted octanol–water partition coefficient (Wildman–Crippen LogP) is 4.83. The van der Waals surface area contributed by atoms with Crippen LogP contribution in [0.15, 0.2) is 41.5 Å². The fraction of sp³-hybridized carbons (Fsp3) is 0.500. The van der Waals surface area contributed by atoms with Crippen molar-refractivity contribution in [3.63, 3.8) is 0 Å². The van der Waals surface area contributed by atoms with Crippen molar-refractivity contribution in [3.05, 3.63) is 52.6 Å². The molecule has 0 spiro atoms. The standard InChI is InChI=1S/C24H30O4/c1-16(2)9-8-12-23(3)19-11-7-6-10-17(19)13-18-14-24(15-20(18)23,21(25)27-4)22(26)28-5/h6-7,9-11,13,20H,8,12,14-15H2,1-5H3/t20-,23+/m0/s1. The zero-order chi connectivity index (χ0) is 20.5. The van der Waals surface area contributed by atoms with Crippen LogP contribution in [0, 0.1) is 11.3 Å². The number of fused-ring (bicyclic) bond motifs is 2. The van der Waals surface area contributed by atoms with E-state index in [2.05, 4.69) is 51.1 Å². The smallest absolute Gasteiger partial charge is 0.323 e. The number of esters is 2. The summed E-state index contributed by atoms with van der Waals surface area (Å²) in [4.78, 5) is 25.4. The van der Waals surface area contributed by atoms with Crippen LogP contribution < -0.4 is 0 Å². The lowest BCUT2D eigenvalue weighted by molar-refractivity contribution is -0.168. The lowest BCUT2D eigenvalue weighted by Crippen LogP contribution is -2.41. The Morgan fingerprint density at radius 3 is 2.39 bits per heavy atom. The molecule has 2 aliphatic carbocycles. The highest BCUT2D eigenvalue weighted by Crippen LogP contribution is 2.58. The third-order valence-electron chi connectivity index (χ3n) is 6.56. The van der Waals surface area contributed by atoms with E-state index in [1.165, 1.54) is 30.9 Å². The Kier molecular flexibility index (Phi) is 5.51. The summed E-state index contributed by atoms with van der Waals surface area (Å²) in [7, 11) is 2.68. The lowest BCUT2D eigenvalue weighted by Gasteiger charge is -2.41. The first kappa shape index (κ1) is 20.4. The number of allylic oxidation sites excluding steroid dienone is 3. The zero-order valence-corrected chi connectivity index (χ0v) is 17.5. The zero-order valence-electron chi connectivity index (χ0n) is 17.5. The molecule has 3 rings (SSSR count). The van der Waals surface area contributed by atoms with Gasteiger partial charge in [-0.15, -0.1) is 0 Å². The van der Waals surface area contributed by atoms with Gasteiger partial charge in [0.2, 0.25) is 0 Å². The first-order chi connectivity index (χ1) is 13.3. The second kappa shape index (κ2) is 7.57. The number of methoxy groups -OCH3 is 2. The molecule has 0 radical (unpaired) electrons. The van der Waals surface area contributed by atoms with Crippen molar-refractivity contribution >= 4 is 18.0 Å². The summed E-state index contributed by atoms with van der Waals surface area (Å²) < 4.78 is 10.1. The molecule has 4 nitrogen and oxygen atoms in total. The van der Waals surface area contributed by atoms with E-state index in [9.17, 15) is 9.59 Å². The van der Waals surface area contributed by atoms with Crippen molar-refractivity contribution in [3.8, 4) is 0 Å². The molecular formula is C24H30O4. The minimum absolute atomic E-state index is 0.103. The van der Waals surface area contributed by atoms with Crippen LogP contribution in [0.25, 0.3) is 6.08 Å². The van der Waals surface area contributed by atoms with Crippen LogP contribution >= 0.6 is 0 Å². The Bertz CT molecular complexity index is 828. The summed E-state index contributed by atoms with van der Waals surface area (Å²) in [5.74, 6) is -0.887. The molecule has 28 heavy (non-hydrogen) atoms. The van der Waals surface area contributed by atoms with Crippen LogP contribution in [0.5, 0.6) is 0 Å². The van der Waals surface area contributed by atoms with Crippen LogP contribution in [0.3, 0.4) is 0 Å². The average molecular weight is 383 g/mol. The summed E-state index contributed by atoms with van der Waals surface area (Å²) in [6.45, 7) is 6.49. The van der Waals surface area contributed by atoms with Gasteiger partial charge in [0, 0.05) is 0 Å². The Morgan fingerprint density at radius 1 is 1.14 bits per heavy atom. The minimum Gasteiger partial charge on any atom is -0.468 e. The van der Waals surface area contributed by atoms with Crippen LogP contribution in [0.2, 0.25) is 0 Å². The maximum absolute atomic E-state index is 12.7. The fourth-order valence-corrected chi connectivity index (χ4v) is 5.09. The fourth-order valence-electron chi connectivity index (χ4n) is 5.09. The van der Waals surface area contributed by atoms with Crippen molar-refractivity contribution in [1.82, 2.24) is 0 Å². The molecule has 0 saturated heterocycles. The normalized spacial score (nSPS) is 24.5. The number of carbonyl (C=O) groups excluding carboxylic acids is 2. The average Bonchev–Trinajstić information content (AvgIpc) is 3.08. The summed E-state index contributed by atoms with van der Waals surface area (Å²) in [5.41, 5.74) is 3.51. The molecule has 1 aromatic rings. The third kappa shape index (κ3) is 3.19. The number of carbonyl (C=O) groups is 2. The van der Waals surface area contributed by atoms with Gasteiger partial charge in [-0.3, -0.25) is 9.59 Å². The van der Waals surface area contributed by atoms with E-state index in [4.69, 9.17) is 9.47 Å². The van der Waals surface area contributed by atoms with Gasteiger partial charge in [0.05, 0.1) is 14.2 Å². The van der Waals surface area contributed by atoms with Crippen molar-refractivity contribution in [2.75, 3.05) is 14.2 Å². The van der Waals surface area contributed by atoms with Gasteiger partial charge in [-0.05, 0) is 62.0 Å². The van der Waals surface area contributed by atoms with Gasteiger partial charge >= 0.3 is 11.9 Å². The highest BCUT2D eigenvalue weighted by Gasteiger charge is 2.59. The molecule has 0 heterocycles. The second-order valence-electron chi connectivity index (χ2n) is 8.54. The highest BCUT2D eigenvalue weighted by molar-refractivity contribution is 6.01. The summed E-state index contributed by atoms with van der Waals surface area (Å²) in [6, 6.07) is 8.41. The van der Waals surface area contributed by atoms with Gasteiger partial charge < -0.3 is 9.47 Å². The van der Waals surface area contributed by atoms with Crippen molar-refractivity contribution in [2.24, 2.45) is 11.3 Å². The van der Waals surface area contributed by atoms with E-state index in [-0.39, 0.29) is 11.3 Å². The molecule has 0 unspecified atom stereocenters. The number of ether oxygens (including phenoxy) is 2. The largest absolute Gasteiger partial charge is 0.468 e. The maximum Gasteiger partial charge on any atom is 0.323 e. The first-order valence-electron chi connectivity index (χ1n) is 9.88. The minimum atomic E-state index is -1.25. The number of hydrogen-bond donors (Lipinski definition) is 0. The maximum atomic E-state index is 12.7. The molecule has 0 amide bonds. The number of rotatable bonds is 5. The Labute approximate surface area is 167 Å². The van der Waals surface area contributed by atoms with Gasteiger partial charge in [0.1, 0.15) is 0 Å². The molecule has 150 valence electrons. The number of hydrogen-bond acceptors (Lipinski definition) is 4. The van der Waals surface area contributed by atoms with E-state index in [1.54, 1.807) is 0 Å². The molecule has 0 N–H and O–H groups in total. The number of benzene rings is 1. The van der Waals surface area contributed by atoms with Gasteiger partial charge in [-0.1, -0.05) is 54.5 Å². The Morgan fingerprint density at radius 2 is 1.79 bits per heavy atom. The van der Waals surface area contributed by atoms with E-state index in [0.29, 0.717) is 12.8 Å². The monoisotopic (exact) mass is 382 g/mol. The van der Waals surface area contributed by atoms with Crippen LogP contribution in [0.1, 0.15) is 57.6 Å². The lowest BCUT2D eigenvalue weighted by atomic mass is 9.62. The highest BCUT2D eigenvalue weighted by atomic mass is 16.5. The van der Waals surface area contributed by atoms with Gasteiger partial charge in [0.25, 0.3) is 0 Å². The van der Waals surface area contributed by atoms with Gasteiger partial charge in [-0.25, -0.2) is 0 Å². The van der Waals surface area contributed by atoms with Crippen molar-refractivity contribution in [1.29, 1.82) is 0 Å². The third-order valence-corrected chi connectivity index (χ3v) is 6.56. The molecule has 0 aromatic heterocycles. The van der Waals surface area contributed by atoms with Gasteiger partial charge in [-0.2, -0.15) is 0 Å². The molecule has 0 bridgehead atoms. The molecular weight excluding hydrogens is 352 g/mol. The van der Waals surface area contributed by atoms with Crippen LogP contribution in [0.4, 0.5) is 0 Å². The van der Waals surface area contributed by atoms with Crippen LogP contribution in [-0.2, 0) is 24.5 Å². The Balaban J connectivity index is 2.08. The molecule has 0 aliphatic heterocycles. The second-order valence-corrected chi connectivity index (χ2v) is 8.54. The van der Waals surface area contributed by atoms with E-state index >= 15 is 0 Å². The molecule has 1 saturated carbocycles. The van der Waals surface area contributed by atoms with Crippen LogP contribution in [-0.4, -0.2) is 26.2 Å².